The third-order valence-corrected chi connectivity index (χ3v) is 2.81. The SMILES string of the molecule is C=C/C(C)=C/C=C/C(C)(CCC=C(C)C)OOC(C)(C)C. The summed E-state index contributed by atoms with van der Waals surface area (Å²) in [6.07, 6.45) is 11.9. The van der Waals surface area contributed by atoms with Crippen molar-refractivity contribution >= 4 is 0 Å². The maximum Gasteiger partial charge on any atom is 0.119 e. The van der Waals surface area contributed by atoms with Crippen LogP contribution in [-0.2, 0) is 9.78 Å². The quantitative estimate of drug-likeness (QED) is 0.239. The molecule has 0 aliphatic rings. The summed E-state index contributed by atoms with van der Waals surface area (Å²) < 4.78 is 0. The van der Waals surface area contributed by atoms with E-state index in [1.54, 1.807) is 0 Å². The first-order valence-electron chi connectivity index (χ1n) is 7.57. The molecule has 0 amide bonds. The van der Waals surface area contributed by atoms with Gasteiger partial charge in [-0.05, 0) is 67.4 Å². The van der Waals surface area contributed by atoms with Gasteiger partial charge in [0.15, 0.2) is 0 Å². The lowest BCUT2D eigenvalue weighted by molar-refractivity contribution is -0.390. The summed E-state index contributed by atoms with van der Waals surface area (Å²) in [6, 6.07) is 0. The van der Waals surface area contributed by atoms with Crippen molar-refractivity contribution in [3.63, 3.8) is 0 Å². The maximum absolute atomic E-state index is 5.72. The van der Waals surface area contributed by atoms with Crippen LogP contribution in [0.2, 0.25) is 0 Å². The van der Waals surface area contributed by atoms with Gasteiger partial charge in [-0.1, -0.05) is 42.0 Å². The molecule has 0 spiro atoms. The van der Waals surface area contributed by atoms with Crippen LogP contribution in [0.1, 0.15) is 61.3 Å². The normalized spacial score (nSPS) is 15.9. The molecule has 1 atom stereocenters. The summed E-state index contributed by atoms with van der Waals surface area (Å²) in [7, 11) is 0. The molecule has 0 radical (unpaired) electrons. The van der Waals surface area contributed by atoms with Crippen molar-refractivity contribution in [2.45, 2.75) is 72.5 Å². The Balaban J connectivity index is 4.88. The predicted octanol–water partition coefficient (Wildman–Crippen LogP) is 5.93. The van der Waals surface area contributed by atoms with E-state index in [0.29, 0.717) is 0 Å². The zero-order chi connectivity index (χ0) is 16.5. The van der Waals surface area contributed by atoms with Crippen molar-refractivity contribution < 1.29 is 9.78 Å². The lowest BCUT2D eigenvalue weighted by Crippen LogP contribution is -2.31. The van der Waals surface area contributed by atoms with Crippen molar-refractivity contribution in [2.24, 2.45) is 0 Å². The average molecular weight is 292 g/mol. The van der Waals surface area contributed by atoms with Gasteiger partial charge in [-0.25, -0.2) is 9.78 Å². The summed E-state index contributed by atoms with van der Waals surface area (Å²) in [5.74, 6) is 0. The molecular weight excluding hydrogens is 260 g/mol. The topological polar surface area (TPSA) is 18.5 Å². The Morgan fingerprint density at radius 2 is 1.67 bits per heavy atom. The highest BCUT2D eigenvalue weighted by molar-refractivity contribution is 5.21. The lowest BCUT2D eigenvalue weighted by atomic mass is 9.98. The third-order valence-electron chi connectivity index (χ3n) is 2.81. The summed E-state index contributed by atoms with van der Waals surface area (Å²) in [5, 5.41) is 0. The van der Waals surface area contributed by atoms with Crippen LogP contribution in [-0.4, -0.2) is 11.2 Å². The van der Waals surface area contributed by atoms with E-state index in [1.165, 1.54) is 5.57 Å². The molecule has 2 nitrogen and oxygen atoms in total. The molecule has 0 N–H and O–H groups in total. The fourth-order valence-corrected chi connectivity index (χ4v) is 1.49. The summed E-state index contributed by atoms with van der Waals surface area (Å²) in [6.45, 7) is 18.0. The van der Waals surface area contributed by atoms with Crippen molar-refractivity contribution in [3.05, 3.63) is 48.1 Å². The molecule has 0 aliphatic heterocycles. The van der Waals surface area contributed by atoms with Crippen LogP contribution in [0.25, 0.3) is 0 Å². The van der Waals surface area contributed by atoms with E-state index in [1.807, 2.05) is 58.9 Å². The zero-order valence-electron chi connectivity index (χ0n) is 14.8. The first-order chi connectivity index (χ1) is 9.58. The predicted molar refractivity (Wildman–Crippen MR) is 92.1 cm³/mol. The lowest BCUT2D eigenvalue weighted by Gasteiger charge is -2.29. The Labute approximate surface area is 131 Å². The van der Waals surface area contributed by atoms with Crippen molar-refractivity contribution in [2.75, 3.05) is 0 Å². The first kappa shape index (κ1) is 19.9. The number of rotatable bonds is 8. The van der Waals surface area contributed by atoms with E-state index < -0.39 is 5.60 Å². The molecular formula is C19H32O2. The van der Waals surface area contributed by atoms with Gasteiger partial charge in [0.25, 0.3) is 0 Å². The largest absolute Gasteiger partial charge is 0.230 e. The minimum Gasteiger partial charge on any atom is -0.230 e. The summed E-state index contributed by atoms with van der Waals surface area (Å²) in [5.41, 5.74) is 1.67. The van der Waals surface area contributed by atoms with Gasteiger partial charge in [0, 0.05) is 0 Å². The second kappa shape index (κ2) is 9.01. The molecule has 0 saturated heterocycles. The van der Waals surface area contributed by atoms with Gasteiger partial charge in [-0.2, -0.15) is 0 Å². The zero-order valence-corrected chi connectivity index (χ0v) is 14.8. The maximum atomic E-state index is 5.72. The van der Waals surface area contributed by atoms with E-state index in [-0.39, 0.29) is 5.60 Å². The van der Waals surface area contributed by atoms with Crippen LogP contribution in [0.4, 0.5) is 0 Å². The van der Waals surface area contributed by atoms with Crippen molar-refractivity contribution in [1.82, 2.24) is 0 Å². The minimum atomic E-state index is -0.447. The highest BCUT2D eigenvalue weighted by Crippen LogP contribution is 2.24. The molecule has 21 heavy (non-hydrogen) atoms. The van der Waals surface area contributed by atoms with Gasteiger partial charge in [-0.15, -0.1) is 0 Å². The van der Waals surface area contributed by atoms with E-state index in [4.69, 9.17) is 9.78 Å². The third kappa shape index (κ3) is 11.2. The molecule has 2 heteroatoms. The molecule has 0 fully saturated rings. The minimum absolute atomic E-state index is 0.321. The highest BCUT2D eigenvalue weighted by Gasteiger charge is 2.25. The Bertz CT molecular complexity index is 404. The van der Waals surface area contributed by atoms with Crippen LogP contribution in [0.3, 0.4) is 0 Å². The standard InChI is InChI=1S/C19H32O2/c1-9-17(4)13-11-15-19(8,14-10-12-16(2)3)21-20-18(5,6)7/h9,11-13,15H,1,10,14H2,2-8H3/b15-11+,17-13+. The second-order valence-electron chi connectivity index (χ2n) is 6.89. The Hall–Kier alpha value is -1.12. The molecule has 120 valence electrons. The van der Waals surface area contributed by atoms with Gasteiger partial charge in [0.2, 0.25) is 0 Å². The van der Waals surface area contributed by atoms with Crippen molar-refractivity contribution in [3.8, 4) is 0 Å². The molecule has 0 aliphatic carbocycles. The van der Waals surface area contributed by atoms with Crippen LogP contribution in [0, 0.1) is 0 Å². The first-order valence-corrected chi connectivity index (χ1v) is 7.57. The Morgan fingerprint density at radius 1 is 1.05 bits per heavy atom. The number of hydrogen-bond acceptors (Lipinski definition) is 2. The smallest absolute Gasteiger partial charge is 0.119 e. The van der Waals surface area contributed by atoms with Crippen molar-refractivity contribution in [1.29, 1.82) is 0 Å². The van der Waals surface area contributed by atoms with E-state index >= 15 is 0 Å². The molecule has 0 heterocycles. The van der Waals surface area contributed by atoms with Crippen LogP contribution >= 0.6 is 0 Å². The average Bonchev–Trinajstić information content (AvgIpc) is 2.35. The highest BCUT2D eigenvalue weighted by atomic mass is 17.2. The molecule has 0 rings (SSSR count). The van der Waals surface area contributed by atoms with Gasteiger partial charge in [0.1, 0.15) is 5.60 Å². The fraction of sp³-hybridized carbons (Fsp3) is 0.579. The van der Waals surface area contributed by atoms with Crippen LogP contribution in [0.5, 0.6) is 0 Å². The van der Waals surface area contributed by atoms with Gasteiger partial charge in [0.05, 0.1) is 5.60 Å². The summed E-state index contributed by atoms with van der Waals surface area (Å²) in [4.78, 5) is 11.2. The molecule has 0 aromatic heterocycles. The van der Waals surface area contributed by atoms with E-state index in [9.17, 15) is 0 Å². The summed E-state index contributed by atoms with van der Waals surface area (Å²) >= 11 is 0. The van der Waals surface area contributed by atoms with Gasteiger partial charge < -0.3 is 0 Å². The second-order valence-corrected chi connectivity index (χ2v) is 6.89. The van der Waals surface area contributed by atoms with Crippen LogP contribution < -0.4 is 0 Å². The fourth-order valence-electron chi connectivity index (χ4n) is 1.49. The Kier molecular flexibility index (Phi) is 8.53. The van der Waals surface area contributed by atoms with E-state index in [2.05, 4.69) is 26.5 Å². The molecule has 0 bridgehead atoms. The Morgan fingerprint density at radius 3 is 2.14 bits per heavy atom. The number of allylic oxidation sites excluding steroid dienone is 6. The molecule has 1 unspecified atom stereocenters. The molecule has 0 aromatic rings. The monoisotopic (exact) mass is 292 g/mol. The van der Waals surface area contributed by atoms with Gasteiger partial charge in [-0.3, -0.25) is 0 Å². The molecule has 0 saturated carbocycles. The van der Waals surface area contributed by atoms with Gasteiger partial charge >= 0.3 is 0 Å². The number of hydrogen-bond donors (Lipinski definition) is 0. The molecule has 0 aromatic carbocycles. The van der Waals surface area contributed by atoms with E-state index in [0.717, 1.165) is 18.4 Å². The van der Waals surface area contributed by atoms with Crippen LogP contribution in [0.15, 0.2) is 48.1 Å².